The zero-order valence-electron chi connectivity index (χ0n) is 16.0. The fraction of sp³-hybridized carbons (Fsp3) is 0.688. The number of nitrogens with zero attached hydrogens (tertiary/aromatic N) is 1. The summed E-state index contributed by atoms with van der Waals surface area (Å²) in [6.45, 7) is 6.57. The van der Waals surface area contributed by atoms with Crippen LogP contribution >= 0.6 is 21.2 Å². The van der Waals surface area contributed by atoms with Crippen LogP contribution in [0.1, 0.15) is 33.9 Å². The van der Waals surface area contributed by atoms with E-state index in [9.17, 15) is 19.8 Å². The largest absolute Gasteiger partial charge is 0.462 e. The van der Waals surface area contributed by atoms with Gasteiger partial charge in [-0.2, -0.15) is 0 Å². The Kier molecular flexibility index (Phi) is 7.86. The van der Waals surface area contributed by atoms with E-state index in [-0.39, 0.29) is 32.0 Å². The summed E-state index contributed by atoms with van der Waals surface area (Å²) < 4.78 is 17.7. The van der Waals surface area contributed by atoms with Crippen molar-refractivity contribution in [2.24, 2.45) is 0 Å². The first kappa shape index (κ1) is 23.1. The lowest BCUT2D eigenvalue weighted by Crippen LogP contribution is -2.44. The third kappa shape index (κ3) is 5.44. The van der Waals surface area contributed by atoms with Crippen LogP contribution in [0.4, 0.5) is 0 Å². The molecule has 6 atom stereocenters. The molecule has 10 nitrogen and oxygen atoms in total. The Balaban J connectivity index is 1.92. The van der Waals surface area contributed by atoms with Gasteiger partial charge in [0.25, 0.3) is 5.56 Å². The van der Waals surface area contributed by atoms with Crippen LogP contribution in [0.3, 0.4) is 0 Å². The number of aliphatic hydroxyl groups excluding tert-OH is 1. The van der Waals surface area contributed by atoms with Gasteiger partial charge in [-0.1, -0.05) is 0 Å². The molecule has 0 spiro atoms. The van der Waals surface area contributed by atoms with Gasteiger partial charge in [0.15, 0.2) is 11.0 Å². The van der Waals surface area contributed by atoms with Crippen molar-refractivity contribution in [1.82, 2.24) is 14.6 Å². The lowest BCUT2D eigenvalue weighted by Gasteiger charge is -2.27. The van der Waals surface area contributed by atoms with Crippen LogP contribution in [0, 0.1) is 4.77 Å². The maximum absolute atomic E-state index is 11.7. The number of aromatic amines is 1. The smallest absolute Gasteiger partial charge is 0.323 e. The summed E-state index contributed by atoms with van der Waals surface area (Å²) in [5.41, 5.74) is -2.04. The number of ether oxygens (including phenoxy) is 2. The molecule has 1 aromatic heterocycles. The minimum Gasteiger partial charge on any atom is -0.462 e. The second kappa shape index (κ2) is 9.53. The van der Waals surface area contributed by atoms with Crippen molar-refractivity contribution in [2.75, 3.05) is 6.61 Å². The number of H-pyrrole nitrogens is 1. The molecule has 4 N–H and O–H groups in total. The van der Waals surface area contributed by atoms with Crippen molar-refractivity contribution in [3.63, 3.8) is 0 Å². The van der Waals surface area contributed by atoms with Gasteiger partial charge in [0, 0.05) is 12.3 Å². The Morgan fingerprint density at radius 3 is 2.82 bits per heavy atom. The van der Waals surface area contributed by atoms with E-state index in [0.717, 1.165) is 0 Å². The fourth-order valence-corrected chi connectivity index (χ4v) is 3.52. The summed E-state index contributed by atoms with van der Waals surface area (Å²) in [6, 6.07) is 0.694. The highest BCUT2D eigenvalue weighted by Crippen LogP contribution is 2.38. The van der Waals surface area contributed by atoms with E-state index in [4.69, 9.17) is 26.2 Å². The Morgan fingerprint density at radius 1 is 1.54 bits per heavy atom. The molecule has 2 heterocycles. The Morgan fingerprint density at radius 2 is 2.21 bits per heavy atom. The number of rotatable bonds is 8. The zero-order valence-corrected chi connectivity index (χ0v) is 17.9. The molecule has 6 unspecified atom stereocenters. The molecule has 0 saturated carbocycles. The highest BCUT2D eigenvalue weighted by Gasteiger charge is 2.53. The average Bonchev–Trinajstić information content (AvgIpc) is 2.81. The second-order valence-corrected chi connectivity index (χ2v) is 8.15. The van der Waals surface area contributed by atoms with E-state index in [0.29, 0.717) is 0 Å². The van der Waals surface area contributed by atoms with E-state index in [2.05, 4.69) is 10.1 Å². The van der Waals surface area contributed by atoms with Crippen molar-refractivity contribution < 1.29 is 29.0 Å². The average molecular weight is 435 g/mol. The van der Waals surface area contributed by atoms with Gasteiger partial charge in [-0.25, -0.2) is 0 Å². The minimum absolute atomic E-state index is 0.0259. The fourth-order valence-electron chi connectivity index (χ4n) is 2.64. The van der Waals surface area contributed by atoms with E-state index < -0.39 is 36.0 Å². The van der Waals surface area contributed by atoms with Crippen LogP contribution in [0.15, 0.2) is 17.1 Å². The van der Waals surface area contributed by atoms with E-state index >= 15 is 0 Å². The summed E-state index contributed by atoms with van der Waals surface area (Å²) in [5, 5.41) is 24.0. The number of carbonyl (C=O) groups excluding carboxylic acids is 1. The van der Waals surface area contributed by atoms with Gasteiger partial charge in [-0.3, -0.25) is 24.2 Å². The monoisotopic (exact) mass is 435 g/mol. The third-order valence-corrected chi connectivity index (χ3v) is 5.33. The first-order valence-corrected chi connectivity index (χ1v) is 10.1. The van der Waals surface area contributed by atoms with Crippen LogP contribution in [-0.2, 0) is 18.8 Å². The zero-order chi connectivity index (χ0) is 21.1. The summed E-state index contributed by atoms with van der Waals surface area (Å²) >= 11 is 5.10. The number of esters is 1. The first-order valence-electron chi connectivity index (χ1n) is 8.74. The maximum atomic E-state index is 11.7. The number of nitrogens with one attached hydrogen (secondary N) is 2. The Hall–Kier alpha value is -1.20. The standard InChI is InChI=1S/C16H26N3O7PS/c1-8(2)25-13(22)9(3)18-27-24-7-10-12(21)16(4,23)14(26-10)19-6-5-11(20)17-15(19)28/h5-6,8-10,12,14,18,21,23,27H,7H2,1-4H3,(H,17,20,28). The number of aromatic nitrogens is 2. The molecular weight excluding hydrogens is 409 g/mol. The highest BCUT2D eigenvalue weighted by atomic mass is 32.1. The molecule has 1 aromatic rings. The van der Waals surface area contributed by atoms with Gasteiger partial charge in [0.1, 0.15) is 23.9 Å². The maximum Gasteiger partial charge on any atom is 0.323 e. The number of hydrogen-bond donors (Lipinski definition) is 4. The Bertz CT molecular complexity index is 797. The first-order chi connectivity index (χ1) is 13.0. The van der Waals surface area contributed by atoms with Crippen LogP contribution in [0.2, 0.25) is 0 Å². The lowest BCUT2D eigenvalue weighted by atomic mass is 9.96. The number of carbonyl (C=O) groups is 1. The van der Waals surface area contributed by atoms with Gasteiger partial charge in [-0.05, 0) is 39.9 Å². The van der Waals surface area contributed by atoms with Crippen molar-refractivity contribution >= 4 is 27.1 Å². The lowest BCUT2D eigenvalue weighted by molar-refractivity contribution is -0.148. The van der Waals surface area contributed by atoms with Gasteiger partial charge in [0.05, 0.1) is 21.7 Å². The molecule has 0 radical (unpaired) electrons. The molecule has 1 saturated heterocycles. The summed E-state index contributed by atoms with van der Waals surface area (Å²) in [5.74, 6) is -0.390. The summed E-state index contributed by atoms with van der Waals surface area (Å²) in [6.07, 6.45) is -1.90. The highest BCUT2D eigenvalue weighted by molar-refractivity contribution is 7.71. The molecule has 1 aliphatic heterocycles. The third-order valence-electron chi connectivity index (χ3n) is 4.16. The molecular formula is C16H26N3O7PS. The predicted octanol–water partition coefficient (Wildman–Crippen LogP) is 0.370. The molecule has 0 aromatic carbocycles. The molecule has 2 rings (SSSR count). The van der Waals surface area contributed by atoms with Crippen molar-refractivity contribution in [3.05, 3.63) is 27.4 Å². The van der Waals surface area contributed by atoms with Gasteiger partial charge in [0.2, 0.25) is 0 Å². The van der Waals surface area contributed by atoms with Crippen LogP contribution in [0.5, 0.6) is 0 Å². The second-order valence-electron chi connectivity index (χ2n) is 6.98. The molecule has 0 amide bonds. The Labute approximate surface area is 169 Å². The molecule has 12 heteroatoms. The quantitative estimate of drug-likeness (QED) is 0.198. The van der Waals surface area contributed by atoms with Crippen LogP contribution in [-0.4, -0.2) is 62.3 Å². The summed E-state index contributed by atoms with van der Waals surface area (Å²) in [4.78, 5) is 25.5. The molecule has 0 aliphatic carbocycles. The minimum atomic E-state index is -1.66. The van der Waals surface area contributed by atoms with Crippen molar-refractivity contribution in [2.45, 2.75) is 63.9 Å². The number of aliphatic hydroxyl groups is 2. The normalized spacial score (nSPS) is 28.9. The van der Waals surface area contributed by atoms with E-state index in [1.54, 1.807) is 20.8 Å². The van der Waals surface area contributed by atoms with Crippen LogP contribution in [0.25, 0.3) is 0 Å². The molecule has 1 aliphatic rings. The SMILES string of the molecule is CC(C)OC(=O)C(C)NPOCC1OC(n2ccc(=O)[nH]c2=S)C(C)(O)C1O. The summed E-state index contributed by atoms with van der Waals surface area (Å²) in [7, 11) is -0.244. The topological polar surface area (TPSA) is 135 Å². The molecule has 1 fully saturated rings. The van der Waals surface area contributed by atoms with Gasteiger partial charge >= 0.3 is 5.97 Å². The van der Waals surface area contributed by atoms with Gasteiger partial charge in [-0.15, -0.1) is 0 Å². The van der Waals surface area contributed by atoms with E-state index in [1.807, 2.05) is 0 Å². The number of hydrogen-bond acceptors (Lipinski definition) is 9. The van der Waals surface area contributed by atoms with Crippen molar-refractivity contribution in [1.29, 1.82) is 0 Å². The van der Waals surface area contributed by atoms with Crippen LogP contribution < -0.4 is 10.6 Å². The molecule has 28 heavy (non-hydrogen) atoms. The molecule has 0 bridgehead atoms. The van der Waals surface area contributed by atoms with Crippen molar-refractivity contribution in [3.8, 4) is 0 Å². The molecule has 158 valence electrons. The van der Waals surface area contributed by atoms with E-state index in [1.165, 1.54) is 23.8 Å². The van der Waals surface area contributed by atoms with Gasteiger partial charge < -0.3 is 24.2 Å². The predicted molar refractivity (Wildman–Crippen MR) is 105 cm³/mol.